The van der Waals surface area contributed by atoms with Crippen LogP contribution in [-0.2, 0) is 0 Å². The van der Waals surface area contributed by atoms with Crippen LogP contribution in [0.3, 0.4) is 0 Å². The van der Waals surface area contributed by atoms with Gasteiger partial charge >= 0.3 is 0 Å². The molecule has 8 unspecified atom stereocenters. The zero-order valence-electron chi connectivity index (χ0n) is 10.5. The quantitative estimate of drug-likeness (QED) is 0.548. The van der Waals surface area contributed by atoms with Gasteiger partial charge in [0.2, 0.25) is 0 Å². The Morgan fingerprint density at radius 3 is 1.78 bits per heavy atom. The Hall–Kier alpha value is -1.28. The molecule has 0 aromatic heterocycles. The summed E-state index contributed by atoms with van der Waals surface area (Å²) in [5, 5.41) is 18.1. The van der Waals surface area contributed by atoms with Gasteiger partial charge in [0.25, 0.3) is 0 Å². The first-order valence-corrected chi connectivity index (χ1v) is 7.27. The van der Waals surface area contributed by atoms with Crippen LogP contribution in [0, 0.1) is 70.0 Å². The maximum atomic E-state index is 9.07. The lowest BCUT2D eigenvalue weighted by Crippen LogP contribution is -2.36. The van der Waals surface area contributed by atoms with E-state index in [2.05, 4.69) is 24.3 Å². The minimum absolute atomic E-state index is 0.522. The predicted molar refractivity (Wildman–Crippen MR) is 66.8 cm³/mol. The maximum absolute atomic E-state index is 9.07. The summed E-state index contributed by atoms with van der Waals surface area (Å²) in [7, 11) is 0. The van der Waals surface area contributed by atoms with Gasteiger partial charge in [-0.1, -0.05) is 12.2 Å². The molecule has 8 atom stereocenters. The van der Waals surface area contributed by atoms with Crippen LogP contribution in [0.2, 0.25) is 0 Å². The van der Waals surface area contributed by atoms with Gasteiger partial charge in [-0.2, -0.15) is 10.5 Å². The Kier molecular flexibility index (Phi) is 2.13. The lowest BCUT2D eigenvalue weighted by molar-refractivity contribution is 0.0923. The van der Waals surface area contributed by atoms with Crippen molar-refractivity contribution in [3.05, 3.63) is 12.2 Å². The third-order valence-electron chi connectivity index (χ3n) is 6.42. The fourth-order valence-corrected chi connectivity index (χ4v) is 6.10. The molecule has 2 nitrogen and oxygen atoms in total. The molecule has 4 bridgehead atoms. The SMILES string of the molecule is N#CCC1C(CC#N)C2CC1C1C3C=CC(C3)C21. The number of fused-ring (bicyclic) bond motifs is 9. The van der Waals surface area contributed by atoms with Gasteiger partial charge in [0.1, 0.15) is 0 Å². The second kappa shape index (κ2) is 3.61. The fourth-order valence-electron chi connectivity index (χ4n) is 6.10. The summed E-state index contributed by atoms with van der Waals surface area (Å²) in [6.45, 7) is 0. The summed E-state index contributed by atoms with van der Waals surface area (Å²) < 4.78 is 0. The van der Waals surface area contributed by atoms with Crippen molar-refractivity contribution in [2.45, 2.75) is 25.7 Å². The van der Waals surface area contributed by atoms with E-state index in [9.17, 15) is 0 Å². The average molecular weight is 238 g/mol. The summed E-state index contributed by atoms with van der Waals surface area (Å²) in [5.41, 5.74) is 0. The van der Waals surface area contributed by atoms with E-state index >= 15 is 0 Å². The maximum Gasteiger partial charge on any atom is 0.0624 e. The molecule has 3 saturated carbocycles. The molecule has 0 aromatic rings. The number of nitrogens with zero attached hydrogens (tertiary/aromatic N) is 2. The molecule has 0 N–H and O–H groups in total. The highest BCUT2D eigenvalue weighted by Gasteiger charge is 2.63. The summed E-state index contributed by atoms with van der Waals surface area (Å²) in [6.07, 6.45) is 8.91. The van der Waals surface area contributed by atoms with E-state index in [1.165, 1.54) is 12.8 Å². The Labute approximate surface area is 108 Å². The number of nitriles is 2. The zero-order chi connectivity index (χ0) is 12.3. The first-order valence-electron chi connectivity index (χ1n) is 7.27. The van der Waals surface area contributed by atoms with Gasteiger partial charge in [-0.05, 0) is 60.2 Å². The van der Waals surface area contributed by atoms with Crippen LogP contribution in [0.4, 0.5) is 0 Å². The van der Waals surface area contributed by atoms with Gasteiger partial charge in [0.05, 0.1) is 12.1 Å². The Morgan fingerprint density at radius 2 is 1.33 bits per heavy atom. The van der Waals surface area contributed by atoms with Crippen molar-refractivity contribution in [2.75, 3.05) is 0 Å². The normalized spacial score (nSPS) is 54.3. The van der Waals surface area contributed by atoms with E-state index in [-0.39, 0.29) is 0 Å². The number of allylic oxidation sites excluding steroid dienone is 2. The van der Waals surface area contributed by atoms with Gasteiger partial charge in [-0.15, -0.1) is 0 Å². The minimum atomic E-state index is 0.522. The lowest BCUT2D eigenvalue weighted by Gasteiger charge is -2.40. The van der Waals surface area contributed by atoms with Crippen LogP contribution in [0.1, 0.15) is 25.7 Å². The largest absolute Gasteiger partial charge is 0.198 e. The molecule has 3 fully saturated rings. The molecule has 4 aliphatic rings. The van der Waals surface area contributed by atoms with Crippen molar-refractivity contribution in [1.82, 2.24) is 0 Å². The number of hydrogen-bond acceptors (Lipinski definition) is 2. The highest BCUT2D eigenvalue weighted by atomic mass is 14.7. The summed E-state index contributed by atoms with van der Waals surface area (Å²) >= 11 is 0. The smallest absolute Gasteiger partial charge is 0.0624 e. The third kappa shape index (κ3) is 1.12. The van der Waals surface area contributed by atoms with Crippen LogP contribution in [0.15, 0.2) is 12.2 Å². The summed E-state index contributed by atoms with van der Waals surface area (Å²) in [5.74, 6) is 5.87. The van der Waals surface area contributed by atoms with E-state index < -0.39 is 0 Å². The Morgan fingerprint density at radius 1 is 0.833 bits per heavy atom. The summed E-state index contributed by atoms with van der Waals surface area (Å²) in [6, 6.07) is 4.76. The van der Waals surface area contributed by atoms with Crippen LogP contribution >= 0.6 is 0 Å². The first kappa shape index (κ1) is 10.6. The topological polar surface area (TPSA) is 47.6 Å². The second-order valence-electron chi connectivity index (χ2n) is 6.72. The number of hydrogen-bond donors (Lipinski definition) is 0. The van der Waals surface area contributed by atoms with Crippen molar-refractivity contribution in [3.63, 3.8) is 0 Å². The van der Waals surface area contributed by atoms with Crippen molar-refractivity contribution < 1.29 is 0 Å². The molecule has 0 amide bonds. The molecule has 0 aromatic carbocycles. The van der Waals surface area contributed by atoms with E-state index in [4.69, 9.17) is 10.5 Å². The Bertz CT molecular complexity index is 438. The van der Waals surface area contributed by atoms with E-state index in [1.807, 2.05) is 0 Å². The Balaban J connectivity index is 1.68. The van der Waals surface area contributed by atoms with Crippen molar-refractivity contribution in [1.29, 1.82) is 10.5 Å². The van der Waals surface area contributed by atoms with Gasteiger partial charge in [-0.3, -0.25) is 0 Å². The zero-order valence-corrected chi connectivity index (χ0v) is 10.5. The molecule has 4 aliphatic carbocycles. The molecular weight excluding hydrogens is 220 g/mol. The van der Waals surface area contributed by atoms with Crippen molar-refractivity contribution in [3.8, 4) is 12.1 Å². The summed E-state index contributed by atoms with van der Waals surface area (Å²) in [4.78, 5) is 0. The van der Waals surface area contributed by atoms with Crippen LogP contribution in [0.25, 0.3) is 0 Å². The predicted octanol–water partition coefficient (Wildman–Crippen LogP) is 3.13. The van der Waals surface area contributed by atoms with Crippen LogP contribution in [-0.4, -0.2) is 0 Å². The third-order valence-corrected chi connectivity index (χ3v) is 6.42. The molecule has 4 rings (SSSR count). The van der Waals surface area contributed by atoms with Gasteiger partial charge in [-0.25, -0.2) is 0 Å². The molecule has 0 heterocycles. The molecule has 0 saturated heterocycles. The molecule has 2 heteroatoms. The highest BCUT2D eigenvalue weighted by Crippen LogP contribution is 2.69. The van der Waals surface area contributed by atoms with Crippen molar-refractivity contribution in [2.24, 2.45) is 47.3 Å². The first-order chi connectivity index (χ1) is 8.85. The fraction of sp³-hybridized carbons (Fsp3) is 0.750. The number of rotatable bonds is 2. The molecular formula is C16H18N2. The molecule has 92 valence electrons. The van der Waals surface area contributed by atoms with E-state index in [1.54, 1.807) is 0 Å². The standard InChI is InChI=1S/C16H18N2/c17-5-3-11-12(4-6-18)14-8-13(11)15-9-1-2-10(7-9)16(14)15/h1-2,9-16H,3-4,7-8H2. The molecule has 0 spiro atoms. The van der Waals surface area contributed by atoms with Crippen LogP contribution < -0.4 is 0 Å². The van der Waals surface area contributed by atoms with E-state index in [0.29, 0.717) is 24.7 Å². The van der Waals surface area contributed by atoms with Gasteiger partial charge in [0.15, 0.2) is 0 Å². The molecule has 0 radical (unpaired) electrons. The molecule has 18 heavy (non-hydrogen) atoms. The monoisotopic (exact) mass is 238 g/mol. The van der Waals surface area contributed by atoms with Crippen LogP contribution in [0.5, 0.6) is 0 Å². The lowest BCUT2D eigenvalue weighted by atomic mass is 9.63. The van der Waals surface area contributed by atoms with Crippen molar-refractivity contribution >= 4 is 0 Å². The minimum Gasteiger partial charge on any atom is -0.198 e. The van der Waals surface area contributed by atoms with Gasteiger partial charge in [0, 0.05) is 12.8 Å². The van der Waals surface area contributed by atoms with E-state index in [0.717, 1.165) is 35.5 Å². The average Bonchev–Trinajstić information content (AvgIpc) is 3.07. The molecule has 0 aliphatic heterocycles. The second-order valence-corrected chi connectivity index (χ2v) is 6.72. The highest BCUT2D eigenvalue weighted by molar-refractivity contribution is 5.22. The van der Waals surface area contributed by atoms with Gasteiger partial charge < -0.3 is 0 Å².